The van der Waals surface area contributed by atoms with Crippen molar-refractivity contribution in [2.75, 3.05) is 52.5 Å². The van der Waals surface area contributed by atoms with Gasteiger partial charge in [0.05, 0.1) is 4.48 Å². The maximum absolute atomic E-state index is 10.2. The van der Waals surface area contributed by atoms with Crippen molar-refractivity contribution in [3.63, 3.8) is 0 Å². The average Bonchev–Trinajstić information content (AvgIpc) is 3.73. The van der Waals surface area contributed by atoms with E-state index in [4.69, 9.17) is 9.47 Å². The summed E-state index contributed by atoms with van der Waals surface area (Å²) in [4.78, 5) is 6.23. The van der Waals surface area contributed by atoms with Crippen LogP contribution in [0.5, 0.6) is 11.5 Å². The fraction of sp³-hybridized carbons (Fsp3) is 0.455. The molecule has 1 aromatic heterocycles. The summed E-state index contributed by atoms with van der Waals surface area (Å²) in [6.45, 7) is 8.25. The lowest BCUT2D eigenvalue weighted by atomic mass is 9.90. The third-order valence-corrected chi connectivity index (χ3v) is 10.2. The summed E-state index contributed by atoms with van der Waals surface area (Å²) in [7, 11) is 0. The zero-order valence-corrected chi connectivity index (χ0v) is 25.5. The number of allylic oxidation sites excluding steroid dienone is 3. The van der Waals surface area contributed by atoms with Crippen LogP contribution in [0.15, 0.2) is 64.9 Å². The van der Waals surface area contributed by atoms with Gasteiger partial charge in [0.15, 0.2) is 0 Å². The molecule has 0 amide bonds. The molecule has 0 saturated carbocycles. The Bertz CT molecular complexity index is 1350. The van der Waals surface area contributed by atoms with E-state index in [0.29, 0.717) is 11.7 Å². The van der Waals surface area contributed by atoms with E-state index in [1.54, 1.807) is 17.4 Å². The van der Waals surface area contributed by atoms with E-state index >= 15 is 0 Å². The van der Waals surface area contributed by atoms with Gasteiger partial charge in [-0.1, -0.05) is 6.08 Å². The first-order valence-corrected chi connectivity index (χ1v) is 16.4. The summed E-state index contributed by atoms with van der Waals surface area (Å²) >= 11 is 5.55. The Morgan fingerprint density at radius 1 is 0.875 bits per heavy atom. The summed E-state index contributed by atoms with van der Waals surface area (Å²) in [5.74, 6) is 2.58. The number of ether oxygens (including phenoxy) is 2. The maximum atomic E-state index is 10.2. The number of rotatable bonds is 11. The number of likely N-dealkylation sites (tertiary alicyclic amines) is 2. The fourth-order valence-electron chi connectivity index (χ4n) is 6.11. The molecule has 0 radical (unpaired) electrons. The second kappa shape index (κ2) is 13.1. The van der Waals surface area contributed by atoms with Gasteiger partial charge in [-0.15, -0.1) is 11.3 Å². The van der Waals surface area contributed by atoms with Crippen LogP contribution < -0.4 is 4.74 Å². The first-order chi connectivity index (χ1) is 19.6. The third kappa shape index (κ3) is 6.76. The van der Waals surface area contributed by atoms with Crippen molar-refractivity contribution < 1.29 is 14.6 Å². The molecular formula is C33H39BrN2O3S. The number of hydrogen-bond acceptors (Lipinski definition) is 6. The van der Waals surface area contributed by atoms with Gasteiger partial charge < -0.3 is 14.6 Å². The number of thiophene rings is 1. The van der Waals surface area contributed by atoms with Crippen LogP contribution in [-0.4, -0.2) is 67.4 Å². The molecule has 212 valence electrons. The Kier molecular flexibility index (Phi) is 9.12. The highest BCUT2D eigenvalue weighted by molar-refractivity contribution is 9.11. The normalized spacial score (nSPS) is 20.2. The molecule has 6 rings (SSSR count). The van der Waals surface area contributed by atoms with E-state index in [2.05, 4.69) is 68.2 Å². The molecule has 2 aliphatic heterocycles. The Balaban J connectivity index is 1.14. The molecule has 0 bridgehead atoms. The van der Waals surface area contributed by atoms with E-state index in [0.717, 1.165) is 59.8 Å². The highest BCUT2D eigenvalue weighted by Gasteiger charge is 2.22. The number of benzene rings is 2. The summed E-state index contributed by atoms with van der Waals surface area (Å²) in [6, 6.07) is 14.3. The minimum Gasteiger partial charge on any atom is -0.508 e. The summed E-state index contributed by atoms with van der Waals surface area (Å²) in [5.41, 5.74) is 2.54. The van der Waals surface area contributed by atoms with Crippen LogP contribution in [0.2, 0.25) is 0 Å². The first-order valence-electron chi connectivity index (χ1n) is 14.8. The van der Waals surface area contributed by atoms with Crippen LogP contribution >= 0.6 is 27.3 Å². The molecule has 1 unspecified atom stereocenters. The lowest BCUT2D eigenvalue weighted by Crippen LogP contribution is -2.25. The highest BCUT2D eigenvalue weighted by Crippen LogP contribution is 2.43. The molecule has 2 saturated heterocycles. The predicted molar refractivity (Wildman–Crippen MR) is 169 cm³/mol. The number of nitrogens with zero attached hydrogens (tertiary/aromatic N) is 2. The van der Waals surface area contributed by atoms with Crippen molar-refractivity contribution in [2.45, 2.75) is 38.5 Å². The maximum Gasteiger partial charge on any atom is 0.129 e. The van der Waals surface area contributed by atoms with Crippen LogP contribution in [0.25, 0.3) is 20.5 Å². The smallest absolute Gasteiger partial charge is 0.129 e. The number of hydrogen-bond donors (Lipinski definition) is 1. The number of fused-ring (bicyclic) bond motifs is 1. The first kappa shape index (κ1) is 27.8. The van der Waals surface area contributed by atoms with E-state index in [1.165, 1.54) is 73.3 Å². The van der Waals surface area contributed by atoms with Crippen molar-refractivity contribution in [1.29, 1.82) is 0 Å². The van der Waals surface area contributed by atoms with Crippen molar-refractivity contribution in [3.8, 4) is 21.9 Å². The largest absolute Gasteiger partial charge is 0.508 e. The van der Waals surface area contributed by atoms with E-state index in [9.17, 15) is 5.11 Å². The van der Waals surface area contributed by atoms with Crippen LogP contribution in [0.3, 0.4) is 0 Å². The van der Waals surface area contributed by atoms with Gasteiger partial charge in [-0.2, -0.15) is 0 Å². The molecule has 3 aliphatic rings. The number of halogens is 1. The van der Waals surface area contributed by atoms with Gasteiger partial charge in [-0.25, -0.2) is 0 Å². The molecule has 5 nitrogen and oxygen atoms in total. The van der Waals surface area contributed by atoms with Crippen LogP contribution in [-0.2, 0) is 11.2 Å². The SMILES string of the molecule is Oc1ccc2c(CC3C=C(Br)C(OCCN4CCCC4)=CC3)c(-c3ccc(OCCN4CCCC4)cc3)sc2c1. The molecule has 3 heterocycles. The van der Waals surface area contributed by atoms with Crippen molar-refractivity contribution in [3.05, 3.63) is 70.4 Å². The molecule has 40 heavy (non-hydrogen) atoms. The van der Waals surface area contributed by atoms with Gasteiger partial charge in [-0.3, -0.25) is 9.80 Å². The van der Waals surface area contributed by atoms with Gasteiger partial charge in [0.25, 0.3) is 0 Å². The summed E-state index contributed by atoms with van der Waals surface area (Å²) < 4.78 is 14.4. The quantitative estimate of drug-likeness (QED) is 0.239. The molecule has 2 fully saturated rings. The zero-order valence-electron chi connectivity index (χ0n) is 23.1. The topological polar surface area (TPSA) is 45.2 Å². The van der Waals surface area contributed by atoms with E-state index in [-0.39, 0.29) is 0 Å². The van der Waals surface area contributed by atoms with Crippen LogP contribution in [0.4, 0.5) is 0 Å². The lowest BCUT2D eigenvalue weighted by Gasteiger charge is -2.21. The van der Waals surface area contributed by atoms with Gasteiger partial charge in [0, 0.05) is 22.7 Å². The monoisotopic (exact) mass is 622 g/mol. The molecule has 0 spiro atoms. The second-order valence-electron chi connectivity index (χ2n) is 11.2. The molecule has 1 N–H and O–H groups in total. The van der Waals surface area contributed by atoms with E-state index in [1.807, 2.05) is 6.07 Å². The fourth-order valence-corrected chi connectivity index (χ4v) is 8.03. The number of phenolic OH excluding ortho intramolecular Hbond substituents is 1. The molecule has 1 atom stereocenters. The van der Waals surface area contributed by atoms with Crippen LogP contribution in [0.1, 0.15) is 37.7 Å². The minimum absolute atomic E-state index is 0.313. The average molecular weight is 624 g/mol. The van der Waals surface area contributed by atoms with Crippen molar-refractivity contribution in [2.24, 2.45) is 5.92 Å². The Hall–Kier alpha value is -2.32. The van der Waals surface area contributed by atoms with Crippen LogP contribution in [0, 0.1) is 5.92 Å². The summed E-state index contributed by atoms with van der Waals surface area (Å²) in [6.07, 6.45) is 11.7. The second-order valence-corrected chi connectivity index (χ2v) is 13.1. The van der Waals surface area contributed by atoms with Gasteiger partial charge in [0.2, 0.25) is 0 Å². The van der Waals surface area contributed by atoms with Crippen molar-refractivity contribution >= 4 is 37.4 Å². The Labute approximate surface area is 250 Å². The Morgan fingerprint density at radius 3 is 2.23 bits per heavy atom. The highest BCUT2D eigenvalue weighted by atomic mass is 79.9. The minimum atomic E-state index is 0.313. The standard InChI is InChI=1S/C33H39BrN2O3S/c34-30-22-24(5-12-31(30)39-20-18-36-15-3-4-16-36)21-29-28-11-8-26(37)23-32(28)40-33(29)25-6-9-27(10-7-25)38-19-17-35-13-1-2-14-35/h6-12,22-24,37H,1-5,13-21H2. The number of phenols is 1. The summed E-state index contributed by atoms with van der Waals surface area (Å²) in [5, 5.41) is 11.4. The molecule has 2 aromatic carbocycles. The molecule has 3 aromatic rings. The molecular weight excluding hydrogens is 584 g/mol. The zero-order chi connectivity index (χ0) is 27.3. The molecule has 7 heteroatoms. The van der Waals surface area contributed by atoms with Crippen molar-refractivity contribution in [1.82, 2.24) is 9.80 Å². The van der Waals surface area contributed by atoms with E-state index < -0.39 is 0 Å². The predicted octanol–water partition coefficient (Wildman–Crippen LogP) is 7.59. The van der Waals surface area contributed by atoms with Gasteiger partial charge in [0.1, 0.15) is 30.5 Å². The number of aromatic hydroxyl groups is 1. The van der Waals surface area contributed by atoms with Gasteiger partial charge >= 0.3 is 0 Å². The molecule has 1 aliphatic carbocycles. The third-order valence-electron chi connectivity index (χ3n) is 8.32. The van der Waals surface area contributed by atoms with Gasteiger partial charge in [-0.05, 0) is 152 Å². The lowest BCUT2D eigenvalue weighted by molar-refractivity contribution is 0.177. The Morgan fingerprint density at radius 2 is 1.55 bits per heavy atom.